The highest BCUT2D eigenvalue weighted by Gasteiger charge is 2.35. The molecule has 1 N–H and O–H groups in total. The number of phenolic OH excluding ortho intramolecular Hbond substituents is 1. The lowest BCUT2D eigenvalue weighted by Gasteiger charge is -2.39. The standard InChI is InChI=1S/C25H31NO4/c1-29-21-15-19-13-14-26(23(28)12-7-17-5-3-4-6-17)25(24(19)22(16-21)30-2)18-8-10-20(27)11-9-18/h8-11,15-17,25,27H,3-7,12-14H2,1-2H3. The first kappa shape index (κ1) is 20.6. The molecule has 1 atom stereocenters. The van der Waals surface area contributed by atoms with Crippen LogP contribution in [0.2, 0.25) is 0 Å². The second-order valence-electron chi connectivity index (χ2n) is 8.42. The van der Waals surface area contributed by atoms with Gasteiger partial charge in [-0.05, 0) is 48.1 Å². The number of amides is 1. The SMILES string of the molecule is COc1cc2c(c(OC)c1)C(c1ccc(O)cc1)N(C(=O)CCC1CCCC1)CC2. The van der Waals surface area contributed by atoms with Crippen molar-refractivity contribution in [3.8, 4) is 17.2 Å². The van der Waals surface area contributed by atoms with Crippen LogP contribution in [0.5, 0.6) is 17.2 Å². The lowest BCUT2D eigenvalue weighted by Crippen LogP contribution is -2.41. The Labute approximate surface area is 178 Å². The van der Waals surface area contributed by atoms with Crippen LogP contribution in [-0.4, -0.2) is 36.7 Å². The van der Waals surface area contributed by atoms with E-state index in [1.807, 2.05) is 29.2 Å². The summed E-state index contributed by atoms with van der Waals surface area (Å²) in [5.74, 6) is 2.60. The van der Waals surface area contributed by atoms with E-state index in [0.29, 0.717) is 18.9 Å². The third-order valence-electron chi connectivity index (χ3n) is 6.63. The Hall–Kier alpha value is -2.69. The van der Waals surface area contributed by atoms with E-state index in [4.69, 9.17) is 9.47 Å². The van der Waals surface area contributed by atoms with Gasteiger partial charge in [-0.1, -0.05) is 37.8 Å². The van der Waals surface area contributed by atoms with Gasteiger partial charge < -0.3 is 19.5 Å². The fourth-order valence-corrected chi connectivity index (χ4v) is 5.03. The van der Waals surface area contributed by atoms with E-state index in [9.17, 15) is 9.90 Å². The molecule has 2 aliphatic rings. The zero-order valence-corrected chi connectivity index (χ0v) is 17.9. The van der Waals surface area contributed by atoms with Crippen LogP contribution in [0.25, 0.3) is 0 Å². The Kier molecular flexibility index (Phi) is 6.16. The number of ether oxygens (including phenoxy) is 2. The summed E-state index contributed by atoms with van der Waals surface area (Å²) in [4.78, 5) is 15.3. The number of aromatic hydroxyl groups is 1. The number of methoxy groups -OCH3 is 2. The highest BCUT2D eigenvalue weighted by atomic mass is 16.5. The Morgan fingerprint density at radius 1 is 1.10 bits per heavy atom. The molecule has 2 aromatic carbocycles. The fraction of sp³-hybridized carbons (Fsp3) is 0.480. The maximum Gasteiger partial charge on any atom is 0.223 e. The molecule has 1 fully saturated rings. The third-order valence-corrected chi connectivity index (χ3v) is 6.63. The monoisotopic (exact) mass is 409 g/mol. The molecule has 0 saturated heterocycles. The summed E-state index contributed by atoms with van der Waals surface area (Å²) in [5.41, 5.74) is 3.14. The van der Waals surface area contributed by atoms with E-state index in [0.717, 1.165) is 41.0 Å². The normalized spacial score (nSPS) is 18.9. The smallest absolute Gasteiger partial charge is 0.223 e. The van der Waals surface area contributed by atoms with Crippen molar-refractivity contribution in [1.82, 2.24) is 4.90 Å². The molecule has 4 rings (SSSR count). The lowest BCUT2D eigenvalue weighted by atomic mass is 9.86. The zero-order chi connectivity index (χ0) is 21.1. The Balaban J connectivity index is 1.70. The molecule has 0 bridgehead atoms. The third kappa shape index (κ3) is 4.11. The molecule has 1 heterocycles. The molecule has 0 aromatic heterocycles. The molecule has 30 heavy (non-hydrogen) atoms. The Morgan fingerprint density at radius 3 is 2.50 bits per heavy atom. The number of hydrogen-bond donors (Lipinski definition) is 1. The molecule has 1 saturated carbocycles. The summed E-state index contributed by atoms with van der Waals surface area (Å²) < 4.78 is 11.2. The van der Waals surface area contributed by atoms with Crippen molar-refractivity contribution in [2.75, 3.05) is 20.8 Å². The van der Waals surface area contributed by atoms with Gasteiger partial charge in [-0.25, -0.2) is 0 Å². The van der Waals surface area contributed by atoms with Crippen molar-refractivity contribution in [3.63, 3.8) is 0 Å². The average Bonchev–Trinajstić information content (AvgIpc) is 3.30. The predicted molar refractivity (Wildman–Crippen MR) is 116 cm³/mol. The first-order valence-electron chi connectivity index (χ1n) is 10.9. The minimum Gasteiger partial charge on any atom is -0.508 e. The van der Waals surface area contributed by atoms with Gasteiger partial charge in [0.1, 0.15) is 17.2 Å². The molecule has 2 aromatic rings. The van der Waals surface area contributed by atoms with Crippen molar-refractivity contribution >= 4 is 5.91 Å². The van der Waals surface area contributed by atoms with E-state index in [-0.39, 0.29) is 17.7 Å². The number of phenols is 1. The van der Waals surface area contributed by atoms with E-state index >= 15 is 0 Å². The summed E-state index contributed by atoms with van der Waals surface area (Å²) in [7, 11) is 3.31. The van der Waals surface area contributed by atoms with Crippen LogP contribution in [0.15, 0.2) is 36.4 Å². The Bertz CT molecular complexity index is 870. The molecular weight excluding hydrogens is 378 g/mol. The molecule has 1 aliphatic carbocycles. The molecule has 5 heteroatoms. The van der Waals surface area contributed by atoms with Crippen LogP contribution in [0.1, 0.15) is 61.3 Å². The van der Waals surface area contributed by atoms with Gasteiger partial charge >= 0.3 is 0 Å². The molecule has 0 radical (unpaired) electrons. The van der Waals surface area contributed by atoms with Crippen LogP contribution < -0.4 is 9.47 Å². The Morgan fingerprint density at radius 2 is 1.83 bits per heavy atom. The van der Waals surface area contributed by atoms with Gasteiger partial charge in [0.15, 0.2) is 0 Å². The van der Waals surface area contributed by atoms with Crippen LogP contribution in [0, 0.1) is 5.92 Å². The molecule has 160 valence electrons. The van der Waals surface area contributed by atoms with E-state index in [1.54, 1.807) is 26.4 Å². The highest BCUT2D eigenvalue weighted by Crippen LogP contribution is 2.43. The molecule has 5 nitrogen and oxygen atoms in total. The van der Waals surface area contributed by atoms with Crippen molar-refractivity contribution < 1.29 is 19.4 Å². The number of rotatable bonds is 6. The van der Waals surface area contributed by atoms with Gasteiger partial charge in [0.25, 0.3) is 0 Å². The molecule has 1 aliphatic heterocycles. The van der Waals surface area contributed by atoms with E-state index in [1.165, 1.54) is 25.7 Å². The second-order valence-corrected chi connectivity index (χ2v) is 8.42. The quantitative estimate of drug-likeness (QED) is 0.741. The maximum atomic E-state index is 13.3. The van der Waals surface area contributed by atoms with Crippen molar-refractivity contribution in [2.45, 2.75) is 51.0 Å². The van der Waals surface area contributed by atoms with E-state index in [2.05, 4.69) is 0 Å². The van der Waals surface area contributed by atoms with Gasteiger partial charge in [0.05, 0.1) is 20.3 Å². The zero-order valence-electron chi connectivity index (χ0n) is 17.9. The average molecular weight is 410 g/mol. The summed E-state index contributed by atoms with van der Waals surface area (Å²) >= 11 is 0. The minimum absolute atomic E-state index is 0.198. The predicted octanol–water partition coefficient (Wildman–Crippen LogP) is 4.85. The fourth-order valence-electron chi connectivity index (χ4n) is 5.03. The molecule has 1 unspecified atom stereocenters. The summed E-state index contributed by atoms with van der Waals surface area (Å²) in [6.07, 6.45) is 7.44. The van der Waals surface area contributed by atoms with Gasteiger partial charge in [-0.15, -0.1) is 0 Å². The number of carbonyl (C=O) groups is 1. The number of carbonyl (C=O) groups excluding carboxylic acids is 1. The first-order chi connectivity index (χ1) is 14.6. The minimum atomic E-state index is -0.230. The van der Waals surface area contributed by atoms with Gasteiger partial charge in [0, 0.05) is 24.6 Å². The van der Waals surface area contributed by atoms with E-state index < -0.39 is 0 Å². The largest absolute Gasteiger partial charge is 0.508 e. The summed E-state index contributed by atoms with van der Waals surface area (Å²) in [6, 6.07) is 10.9. The lowest BCUT2D eigenvalue weighted by molar-refractivity contribution is -0.133. The number of nitrogens with zero attached hydrogens (tertiary/aromatic N) is 1. The summed E-state index contributed by atoms with van der Waals surface area (Å²) in [5, 5.41) is 9.78. The second kappa shape index (κ2) is 8.99. The molecule has 1 amide bonds. The number of fused-ring (bicyclic) bond motifs is 1. The molecular formula is C25H31NO4. The van der Waals surface area contributed by atoms with Crippen LogP contribution in [0.3, 0.4) is 0 Å². The molecule has 0 spiro atoms. The van der Waals surface area contributed by atoms with Gasteiger partial charge in [-0.3, -0.25) is 4.79 Å². The number of hydrogen-bond acceptors (Lipinski definition) is 4. The number of benzene rings is 2. The summed E-state index contributed by atoms with van der Waals surface area (Å²) in [6.45, 7) is 0.665. The van der Waals surface area contributed by atoms with Gasteiger partial charge in [-0.2, -0.15) is 0 Å². The van der Waals surface area contributed by atoms with Crippen molar-refractivity contribution in [1.29, 1.82) is 0 Å². The maximum absolute atomic E-state index is 13.3. The highest BCUT2D eigenvalue weighted by molar-refractivity contribution is 5.78. The van der Waals surface area contributed by atoms with Crippen molar-refractivity contribution in [2.24, 2.45) is 5.92 Å². The van der Waals surface area contributed by atoms with Gasteiger partial charge in [0.2, 0.25) is 5.91 Å². The topological polar surface area (TPSA) is 59.0 Å². The van der Waals surface area contributed by atoms with Crippen LogP contribution in [-0.2, 0) is 11.2 Å². The van der Waals surface area contributed by atoms with Crippen LogP contribution in [0.4, 0.5) is 0 Å². The van der Waals surface area contributed by atoms with Crippen molar-refractivity contribution in [3.05, 3.63) is 53.1 Å². The first-order valence-corrected chi connectivity index (χ1v) is 10.9. The van der Waals surface area contributed by atoms with Crippen LogP contribution >= 0.6 is 0 Å².